The standard InChI is InChI=1S/C9H12N2O4S/c1-16(14,15)5-4-11-8-2-3-10-6-7(8)9(12)13/h2-3,6H,4-5H2,1H3,(H,10,11)(H,12,13). The van der Waals surface area contributed by atoms with Crippen molar-refractivity contribution in [3.63, 3.8) is 0 Å². The third-order valence-corrected chi connectivity index (χ3v) is 2.79. The van der Waals surface area contributed by atoms with Crippen LogP contribution in [0.3, 0.4) is 0 Å². The molecule has 0 unspecified atom stereocenters. The van der Waals surface area contributed by atoms with Gasteiger partial charge < -0.3 is 10.4 Å². The molecule has 2 N–H and O–H groups in total. The summed E-state index contributed by atoms with van der Waals surface area (Å²) in [6, 6.07) is 1.49. The number of rotatable bonds is 5. The maximum Gasteiger partial charge on any atom is 0.339 e. The van der Waals surface area contributed by atoms with Crippen LogP contribution in [0, 0.1) is 0 Å². The first-order valence-electron chi connectivity index (χ1n) is 4.49. The molecule has 0 aliphatic rings. The largest absolute Gasteiger partial charge is 0.478 e. The van der Waals surface area contributed by atoms with Crippen molar-refractivity contribution in [3.05, 3.63) is 24.0 Å². The van der Waals surface area contributed by atoms with Crippen LogP contribution in [-0.2, 0) is 9.84 Å². The number of pyridine rings is 1. The maximum absolute atomic E-state index is 10.9. The molecule has 0 spiro atoms. The third-order valence-electron chi connectivity index (χ3n) is 1.84. The number of aromatic carboxylic acids is 1. The summed E-state index contributed by atoms with van der Waals surface area (Å²) in [5.74, 6) is -1.15. The second-order valence-corrected chi connectivity index (χ2v) is 5.54. The number of nitrogens with one attached hydrogen (secondary N) is 1. The van der Waals surface area contributed by atoms with Crippen molar-refractivity contribution in [1.82, 2.24) is 4.98 Å². The fourth-order valence-corrected chi connectivity index (χ4v) is 1.56. The summed E-state index contributed by atoms with van der Waals surface area (Å²) in [7, 11) is -3.05. The molecule has 1 aromatic heterocycles. The van der Waals surface area contributed by atoms with E-state index in [0.717, 1.165) is 6.26 Å². The van der Waals surface area contributed by atoms with Crippen LogP contribution in [0.25, 0.3) is 0 Å². The lowest BCUT2D eigenvalue weighted by molar-refractivity contribution is 0.0697. The minimum absolute atomic E-state index is 0.0241. The van der Waals surface area contributed by atoms with E-state index >= 15 is 0 Å². The molecule has 0 radical (unpaired) electrons. The van der Waals surface area contributed by atoms with Gasteiger partial charge in [-0.15, -0.1) is 0 Å². The average Bonchev–Trinajstić information content (AvgIpc) is 2.16. The Labute approximate surface area is 93.2 Å². The summed E-state index contributed by atoms with van der Waals surface area (Å²) < 4.78 is 21.7. The molecule has 0 saturated carbocycles. The summed E-state index contributed by atoms with van der Waals surface area (Å²) in [5.41, 5.74) is 0.391. The lowest BCUT2D eigenvalue weighted by Crippen LogP contribution is -2.15. The fourth-order valence-electron chi connectivity index (χ4n) is 1.09. The van der Waals surface area contributed by atoms with Crippen molar-refractivity contribution in [1.29, 1.82) is 0 Å². The van der Waals surface area contributed by atoms with Crippen LogP contribution in [0.4, 0.5) is 5.69 Å². The molecule has 0 saturated heterocycles. The van der Waals surface area contributed by atoms with Crippen molar-refractivity contribution in [2.24, 2.45) is 0 Å². The zero-order valence-electron chi connectivity index (χ0n) is 8.67. The highest BCUT2D eigenvalue weighted by Gasteiger charge is 2.09. The maximum atomic E-state index is 10.9. The summed E-state index contributed by atoms with van der Waals surface area (Å²) in [5, 5.41) is 11.6. The molecule has 0 amide bonds. The van der Waals surface area contributed by atoms with Gasteiger partial charge in [-0.2, -0.15) is 0 Å². The Balaban J connectivity index is 2.71. The van der Waals surface area contributed by atoms with Crippen LogP contribution < -0.4 is 5.32 Å². The van der Waals surface area contributed by atoms with Crippen molar-refractivity contribution in [3.8, 4) is 0 Å². The van der Waals surface area contributed by atoms with Gasteiger partial charge >= 0.3 is 5.97 Å². The van der Waals surface area contributed by atoms with Gasteiger partial charge in [-0.25, -0.2) is 13.2 Å². The topological polar surface area (TPSA) is 96.4 Å². The summed E-state index contributed by atoms with van der Waals surface area (Å²) in [4.78, 5) is 14.5. The van der Waals surface area contributed by atoms with Gasteiger partial charge in [-0.1, -0.05) is 0 Å². The molecule has 0 aliphatic carbocycles. The number of anilines is 1. The van der Waals surface area contributed by atoms with Gasteiger partial charge in [0.05, 0.1) is 11.4 Å². The van der Waals surface area contributed by atoms with E-state index in [1.54, 1.807) is 0 Å². The molecule has 7 heteroatoms. The second kappa shape index (κ2) is 4.93. The highest BCUT2D eigenvalue weighted by Crippen LogP contribution is 2.12. The van der Waals surface area contributed by atoms with Gasteiger partial charge in [0.2, 0.25) is 0 Å². The molecular weight excluding hydrogens is 232 g/mol. The van der Waals surface area contributed by atoms with E-state index in [1.807, 2.05) is 0 Å². The molecular formula is C9H12N2O4S. The normalized spacial score (nSPS) is 11.1. The van der Waals surface area contributed by atoms with E-state index in [4.69, 9.17) is 5.11 Å². The van der Waals surface area contributed by atoms with Crippen LogP contribution in [0.1, 0.15) is 10.4 Å². The Morgan fingerprint density at radius 2 is 2.25 bits per heavy atom. The van der Waals surface area contributed by atoms with Gasteiger partial charge in [0.25, 0.3) is 0 Å². The van der Waals surface area contributed by atoms with E-state index in [-0.39, 0.29) is 17.9 Å². The van der Waals surface area contributed by atoms with Gasteiger partial charge in [-0.05, 0) is 6.07 Å². The molecule has 0 bridgehead atoms. The fraction of sp³-hybridized carbons (Fsp3) is 0.333. The Hall–Kier alpha value is -1.63. The van der Waals surface area contributed by atoms with Crippen LogP contribution in [-0.4, -0.2) is 43.0 Å². The number of nitrogens with zero attached hydrogens (tertiary/aromatic N) is 1. The second-order valence-electron chi connectivity index (χ2n) is 3.28. The summed E-state index contributed by atoms with van der Waals surface area (Å²) in [6.07, 6.45) is 3.78. The van der Waals surface area contributed by atoms with Gasteiger partial charge in [0.1, 0.15) is 15.4 Å². The number of aromatic nitrogens is 1. The Kier molecular flexibility index (Phi) is 3.83. The number of sulfone groups is 1. The van der Waals surface area contributed by atoms with E-state index in [0.29, 0.717) is 5.69 Å². The monoisotopic (exact) mass is 244 g/mol. The molecule has 1 heterocycles. The number of carboxylic acids is 1. The van der Waals surface area contributed by atoms with Crippen molar-refractivity contribution in [2.75, 3.05) is 23.9 Å². The first-order valence-corrected chi connectivity index (χ1v) is 6.55. The van der Waals surface area contributed by atoms with Crippen LogP contribution in [0.15, 0.2) is 18.5 Å². The molecule has 0 atom stereocenters. The molecule has 0 aliphatic heterocycles. The van der Waals surface area contributed by atoms with Crippen molar-refractivity contribution >= 4 is 21.5 Å². The smallest absolute Gasteiger partial charge is 0.339 e. The van der Waals surface area contributed by atoms with Crippen LogP contribution in [0.2, 0.25) is 0 Å². The number of carboxylic acid groups (broad SMARTS) is 1. The predicted molar refractivity (Wildman–Crippen MR) is 59.4 cm³/mol. The van der Waals surface area contributed by atoms with E-state index in [1.165, 1.54) is 18.5 Å². The highest BCUT2D eigenvalue weighted by atomic mass is 32.2. The van der Waals surface area contributed by atoms with E-state index in [9.17, 15) is 13.2 Å². The number of hydrogen-bond donors (Lipinski definition) is 2. The van der Waals surface area contributed by atoms with Gasteiger partial charge in [-0.3, -0.25) is 4.98 Å². The highest BCUT2D eigenvalue weighted by molar-refractivity contribution is 7.90. The molecule has 0 fully saturated rings. The van der Waals surface area contributed by atoms with E-state index < -0.39 is 15.8 Å². The van der Waals surface area contributed by atoms with Crippen LogP contribution in [0.5, 0.6) is 0 Å². The molecule has 1 aromatic rings. The molecule has 88 valence electrons. The zero-order chi connectivity index (χ0) is 12.2. The van der Waals surface area contributed by atoms with E-state index in [2.05, 4.69) is 10.3 Å². The van der Waals surface area contributed by atoms with Crippen molar-refractivity contribution in [2.45, 2.75) is 0 Å². The quantitative estimate of drug-likeness (QED) is 0.770. The molecule has 1 rings (SSSR count). The molecule has 0 aromatic carbocycles. The number of hydrogen-bond acceptors (Lipinski definition) is 5. The lowest BCUT2D eigenvalue weighted by Gasteiger charge is -2.07. The first-order chi connectivity index (χ1) is 7.40. The van der Waals surface area contributed by atoms with Gasteiger partial charge in [0, 0.05) is 25.2 Å². The Bertz CT molecular complexity index is 484. The van der Waals surface area contributed by atoms with Gasteiger partial charge in [0.15, 0.2) is 0 Å². The Morgan fingerprint density at radius 3 is 2.81 bits per heavy atom. The molecule has 16 heavy (non-hydrogen) atoms. The number of carbonyl (C=O) groups is 1. The Morgan fingerprint density at radius 1 is 1.56 bits per heavy atom. The molecule has 6 nitrogen and oxygen atoms in total. The zero-order valence-corrected chi connectivity index (χ0v) is 9.49. The minimum Gasteiger partial charge on any atom is -0.478 e. The van der Waals surface area contributed by atoms with Crippen LogP contribution >= 0.6 is 0 Å². The lowest BCUT2D eigenvalue weighted by atomic mass is 10.2. The minimum atomic E-state index is -3.05. The summed E-state index contributed by atoms with van der Waals surface area (Å²) in [6.45, 7) is 0.170. The predicted octanol–water partition coefficient (Wildman–Crippen LogP) is 0.236. The third kappa shape index (κ3) is 3.85. The average molecular weight is 244 g/mol. The van der Waals surface area contributed by atoms with Crippen molar-refractivity contribution < 1.29 is 18.3 Å². The SMILES string of the molecule is CS(=O)(=O)CCNc1ccncc1C(=O)O. The summed E-state index contributed by atoms with van der Waals surface area (Å²) >= 11 is 0. The first kappa shape index (κ1) is 12.4.